The first-order chi connectivity index (χ1) is 36.4. The van der Waals surface area contributed by atoms with Crippen molar-refractivity contribution in [2.45, 2.75) is 26.2 Å². The van der Waals surface area contributed by atoms with Crippen LogP contribution in [0.15, 0.2) is 200 Å². The van der Waals surface area contributed by atoms with E-state index in [0.717, 1.165) is 34.3 Å². The van der Waals surface area contributed by atoms with Gasteiger partial charge in [-0.2, -0.15) is 0 Å². The fraction of sp³-hybridized carbons (Fsp3) is 0.116. The minimum absolute atomic E-state index is 0.111. The average Bonchev–Trinajstić information content (AvgIpc) is 4.00. The molecule has 0 spiro atoms. The largest absolute Gasteiger partial charge is 0.309 e. The summed E-state index contributed by atoms with van der Waals surface area (Å²) in [6, 6.07) is 47.4. The van der Waals surface area contributed by atoms with Crippen LogP contribution in [0.25, 0.3) is 117 Å². The molecule has 5 heteroatoms. The van der Waals surface area contributed by atoms with Crippen molar-refractivity contribution in [3.05, 3.63) is 238 Å². The van der Waals surface area contributed by atoms with Crippen LogP contribution in [0.5, 0.6) is 0 Å². The zero-order valence-electron chi connectivity index (χ0n) is 41.0. The van der Waals surface area contributed by atoms with E-state index in [-0.39, 0.29) is 17.3 Å². The SMILES string of the molecule is CC1C(c2nc(-c3ccc4c(c3)C=CC3C=CC=CC43)nc(-c3cc4c(cc3-n3c5c(c6c7ccccc7ccc63)=CC3=CC=CCC3(C)C=5)sc3cc5ccccc5cc34)n2)=CC=C2c3ccccc3C=CC21. The highest BCUT2D eigenvalue weighted by Gasteiger charge is 2.34. The highest BCUT2D eigenvalue weighted by molar-refractivity contribution is 7.26. The molecule has 0 N–H and O–H groups in total. The Morgan fingerprint density at radius 1 is 0.595 bits per heavy atom. The van der Waals surface area contributed by atoms with Gasteiger partial charge in [0.2, 0.25) is 0 Å². The quantitative estimate of drug-likeness (QED) is 0.177. The highest BCUT2D eigenvalue weighted by Crippen LogP contribution is 2.47. The van der Waals surface area contributed by atoms with Gasteiger partial charge in [0.05, 0.1) is 16.6 Å². The molecule has 16 rings (SSSR count). The summed E-state index contributed by atoms with van der Waals surface area (Å²) in [6.07, 6.45) is 35.7. The summed E-state index contributed by atoms with van der Waals surface area (Å²) in [5, 5.41) is 11.1. The van der Waals surface area contributed by atoms with E-state index in [9.17, 15) is 0 Å². The van der Waals surface area contributed by atoms with Crippen LogP contribution >= 0.6 is 11.3 Å². The van der Waals surface area contributed by atoms with Gasteiger partial charge in [0.25, 0.3) is 0 Å². The minimum atomic E-state index is -0.173. The maximum Gasteiger partial charge on any atom is 0.166 e. The summed E-state index contributed by atoms with van der Waals surface area (Å²) in [6.45, 7) is 4.73. The number of hydrogen-bond acceptors (Lipinski definition) is 4. The lowest BCUT2D eigenvalue weighted by molar-refractivity contribution is 0.568. The van der Waals surface area contributed by atoms with E-state index in [4.69, 9.17) is 15.0 Å². The first-order valence-electron chi connectivity index (χ1n) is 26.1. The molecule has 5 atom stereocenters. The van der Waals surface area contributed by atoms with Crippen LogP contribution in [-0.4, -0.2) is 19.5 Å². The van der Waals surface area contributed by atoms with Crippen LogP contribution in [0.1, 0.15) is 54.3 Å². The summed E-state index contributed by atoms with van der Waals surface area (Å²) in [5.41, 5.74) is 12.9. The molecule has 0 bridgehead atoms. The molecule has 74 heavy (non-hydrogen) atoms. The standard InChI is InChI=1S/C69H48N4S/c1-40-49-27-24-42-14-6-9-20-52(42)55(49)30-29-50(40)67-70-66(47-25-28-53-46(33-47)23-22-41-13-5-8-19-51(41)53)71-68(72-67)59-37-57-56-34-44-16-3-4-17-45(44)35-63(56)74-64(57)38-61(59)73-60-31-26-43-15-7-10-21-54(43)65(60)58-36-48-18-11-12-32-69(48,2)39-62(58)73/h3-31,33-41,49,51H,32H2,1-2H3. The molecule has 0 amide bonds. The van der Waals surface area contributed by atoms with E-state index >= 15 is 0 Å². The fourth-order valence-electron chi connectivity index (χ4n) is 13.2. The topological polar surface area (TPSA) is 43.6 Å². The summed E-state index contributed by atoms with van der Waals surface area (Å²) < 4.78 is 5.03. The number of fused-ring (bicyclic) bond motifs is 16. The van der Waals surface area contributed by atoms with Crippen molar-refractivity contribution in [3.8, 4) is 28.5 Å². The summed E-state index contributed by atoms with van der Waals surface area (Å²) in [7, 11) is 0. The number of nitrogens with zero attached hydrogens (tertiary/aromatic N) is 4. The fourth-order valence-corrected chi connectivity index (χ4v) is 14.4. The van der Waals surface area contributed by atoms with Crippen LogP contribution in [0.2, 0.25) is 0 Å². The Morgan fingerprint density at radius 3 is 2.30 bits per heavy atom. The maximum absolute atomic E-state index is 5.72. The van der Waals surface area contributed by atoms with Crippen molar-refractivity contribution < 1.29 is 0 Å². The number of thiophene rings is 1. The molecule has 5 unspecified atom stereocenters. The van der Waals surface area contributed by atoms with Crippen molar-refractivity contribution in [1.82, 2.24) is 19.5 Å². The Bertz CT molecular complexity index is 4580. The number of hydrogen-bond donors (Lipinski definition) is 0. The molecule has 7 aromatic carbocycles. The van der Waals surface area contributed by atoms with E-state index < -0.39 is 0 Å². The lowest BCUT2D eigenvalue weighted by Gasteiger charge is -2.32. The summed E-state index contributed by atoms with van der Waals surface area (Å²) >= 11 is 1.87. The Kier molecular flexibility index (Phi) is 8.95. The zero-order chi connectivity index (χ0) is 48.8. The third kappa shape index (κ3) is 6.23. The summed E-state index contributed by atoms with van der Waals surface area (Å²) in [5.74, 6) is 2.99. The van der Waals surface area contributed by atoms with Gasteiger partial charge in [-0.15, -0.1) is 11.3 Å². The number of rotatable bonds is 4. The molecular formula is C69H48N4S. The summed E-state index contributed by atoms with van der Waals surface area (Å²) in [4.78, 5) is 16.9. The number of benzene rings is 7. The van der Waals surface area contributed by atoms with Gasteiger partial charge in [-0.1, -0.05) is 184 Å². The second kappa shape index (κ2) is 15.7. The molecular weight excluding hydrogens is 917 g/mol. The molecule has 10 aromatic rings. The van der Waals surface area contributed by atoms with Crippen molar-refractivity contribution in [2.24, 2.45) is 23.2 Å². The van der Waals surface area contributed by atoms with Gasteiger partial charge >= 0.3 is 0 Å². The van der Waals surface area contributed by atoms with Crippen LogP contribution < -0.4 is 10.6 Å². The van der Waals surface area contributed by atoms with Gasteiger partial charge in [0.15, 0.2) is 17.5 Å². The first kappa shape index (κ1) is 42.0. The number of aromatic nitrogens is 4. The Labute approximate surface area is 432 Å². The molecule has 4 nitrogen and oxygen atoms in total. The molecule has 6 aliphatic rings. The van der Waals surface area contributed by atoms with E-state index in [1.54, 1.807) is 0 Å². The predicted molar refractivity (Wildman–Crippen MR) is 311 cm³/mol. The molecule has 0 aliphatic heterocycles. The molecule has 0 saturated heterocycles. The highest BCUT2D eigenvalue weighted by atomic mass is 32.1. The second-order valence-electron chi connectivity index (χ2n) is 21.3. The number of allylic oxidation sites excluding steroid dienone is 14. The third-order valence-corrected chi connectivity index (χ3v) is 18.2. The molecule has 350 valence electrons. The zero-order valence-corrected chi connectivity index (χ0v) is 41.8. The molecule has 3 heterocycles. The van der Waals surface area contributed by atoms with Gasteiger partial charge in [-0.25, -0.2) is 15.0 Å². The van der Waals surface area contributed by atoms with E-state index in [1.165, 1.54) is 91.1 Å². The first-order valence-corrected chi connectivity index (χ1v) is 26.9. The van der Waals surface area contributed by atoms with E-state index in [2.05, 4.69) is 237 Å². The normalized spacial score (nSPS) is 21.8. The lowest BCUT2D eigenvalue weighted by atomic mass is 9.72. The predicted octanol–water partition coefficient (Wildman–Crippen LogP) is 15.9. The van der Waals surface area contributed by atoms with Gasteiger partial charge in [0, 0.05) is 70.6 Å². The van der Waals surface area contributed by atoms with Crippen LogP contribution in [0.4, 0.5) is 0 Å². The molecule has 6 aliphatic carbocycles. The van der Waals surface area contributed by atoms with Gasteiger partial charge < -0.3 is 4.57 Å². The minimum Gasteiger partial charge on any atom is -0.309 e. The maximum atomic E-state index is 5.72. The molecule has 0 radical (unpaired) electrons. The van der Waals surface area contributed by atoms with Crippen molar-refractivity contribution >= 4 is 99.4 Å². The smallest absolute Gasteiger partial charge is 0.166 e. The monoisotopic (exact) mass is 964 g/mol. The van der Waals surface area contributed by atoms with Crippen molar-refractivity contribution in [1.29, 1.82) is 0 Å². The third-order valence-electron chi connectivity index (χ3n) is 17.1. The second-order valence-corrected chi connectivity index (χ2v) is 22.4. The van der Waals surface area contributed by atoms with Crippen LogP contribution in [0.3, 0.4) is 0 Å². The van der Waals surface area contributed by atoms with Crippen molar-refractivity contribution in [2.75, 3.05) is 0 Å². The van der Waals surface area contributed by atoms with Gasteiger partial charge in [-0.3, -0.25) is 0 Å². The van der Waals surface area contributed by atoms with Crippen LogP contribution in [-0.2, 0) is 0 Å². The van der Waals surface area contributed by atoms with Gasteiger partial charge in [0.1, 0.15) is 0 Å². The average molecular weight is 965 g/mol. The Balaban J connectivity index is 1.00. The van der Waals surface area contributed by atoms with E-state index in [1.807, 2.05) is 11.3 Å². The Hall–Kier alpha value is -8.51. The van der Waals surface area contributed by atoms with Crippen LogP contribution in [0, 0.1) is 23.2 Å². The molecule has 0 fully saturated rings. The van der Waals surface area contributed by atoms with Gasteiger partial charge in [-0.05, 0) is 116 Å². The van der Waals surface area contributed by atoms with E-state index in [0.29, 0.717) is 29.3 Å². The van der Waals surface area contributed by atoms with Crippen molar-refractivity contribution in [3.63, 3.8) is 0 Å². The lowest BCUT2D eigenvalue weighted by Crippen LogP contribution is -2.37. The molecule has 3 aromatic heterocycles. The Morgan fingerprint density at radius 2 is 1.36 bits per heavy atom. The molecule has 0 saturated carbocycles.